The molecule has 3 heterocycles. The SMILES string of the molecule is Cl.O=C(C1CCNC1)N1CCc2c(C(F)(F)F)nn(Cc3ccc(F)cc3)c2C1. The molecule has 0 saturated carbocycles. The van der Waals surface area contributed by atoms with Crippen LogP contribution in [0.15, 0.2) is 24.3 Å². The molecule has 5 nitrogen and oxygen atoms in total. The number of nitrogens with zero attached hydrogens (tertiary/aromatic N) is 3. The van der Waals surface area contributed by atoms with Gasteiger partial charge < -0.3 is 10.2 Å². The van der Waals surface area contributed by atoms with Crippen LogP contribution in [-0.4, -0.2) is 40.2 Å². The number of carbonyl (C=O) groups is 1. The average Bonchev–Trinajstić information content (AvgIpc) is 3.31. The van der Waals surface area contributed by atoms with Gasteiger partial charge in [0.1, 0.15) is 5.82 Å². The van der Waals surface area contributed by atoms with Gasteiger partial charge in [0, 0.05) is 18.7 Å². The molecule has 1 N–H and O–H groups in total. The second kappa shape index (κ2) is 8.31. The molecule has 2 aliphatic rings. The smallest absolute Gasteiger partial charge is 0.336 e. The second-order valence-corrected chi connectivity index (χ2v) is 7.26. The molecule has 1 atom stereocenters. The first kappa shape index (κ1) is 21.6. The molecule has 0 aliphatic carbocycles. The van der Waals surface area contributed by atoms with Crippen LogP contribution in [0.2, 0.25) is 0 Å². The third-order valence-corrected chi connectivity index (χ3v) is 5.37. The van der Waals surface area contributed by atoms with E-state index < -0.39 is 17.7 Å². The van der Waals surface area contributed by atoms with Crippen molar-refractivity contribution in [1.29, 1.82) is 0 Å². The van der Waals surface area contributed by atoms with Gasteiger partial charge in [0.05, 0.1) is 24.7 Å². The number of nitrogens with one attached hydrogen (secondary N) is 1. The van der Waals surface area contributed by atoms with Gasteiger partial charge in [-0.1, -0.05) is 12.1 Å². The number of fused-ring (bicyclic) bond motifs is 1. The van der Waals surface area contributed by atoms with Crippen LogP contribution in [-0.2, 0) is 30.5 Å². The Hall–Kier alpha value is -2.13. The molecule has 1 amide bonds. The Bertz CT molecular complexity index is 876. The minimum atomic E-state index is -4.56. The lowest BCUT2D eigenvalue weighted by Gasteiger charge is -2.30. The topological polar surface area (TPSA) is 50.2 Å². The molecular formula is C19H21ClF4N4O. The van der Waals surface area contributed by atoms with Gasteiger partial charge in [-0.3, -0.25) is 9.48 Å². The molecule has 1 saturated heterocycles. The quantitative estimate of drug-likeness (QED) is 0.759. The average molecular weight is 433 g/mol. The number of hydrogen-bond acceptors (Lipinski definition) is 3. The van der Waals surface area contributed by atoms with Crippen molar-refractivity contribution in [3.8, 4) is 0 Å². The number of aromatic nitrogens is 2. The summed E-state index contributed by atoms with van der Waals surface area (Å²) in [4.78, 5) is 14.3. The third kappa shape index (κ3) is 4.40. The first-order chi connectivity index (χ1) is 13.3. The molecule has 4 rings (SSSR count). The molecule has 1 aromatic carbocycles. The molecule has 0 bridgehead atoms. The Kier molecular flexibility index (Phi) is 6.19. The van der Waals surface area contributed by atoms with Crippen molar-refractivity contribution in [3.63, 3.8) is 0 Å². The fourth-order valence-electron chi connectivity index (χ4n) is 3.91. The lowest BCUT2D eigenvalue weighted by Crippen LogP contribution is -2.41. The number of rotatable bonds is 3. The molecule has 1 fully saturated rings. The highest BCUT2D eigenvalue weighted by Gasteiger charge is 2.41. The molecule has 29 heavy (non-hydrogen) atoms. The maximum atomic E-state index is 13.5. The van der Waals surface area contributed by atoms with Crippen molar-refractivity contribution in [3.05, 3.63) is 52.6 Å². The van der Waals surface area contributed by atoms with Crippen LogP contribution < -0.4 is 5.32 Å². The molecule has 2 aliphatic heterocycles. The van der Waals surface area contributed by atoms with E-state index >= 15 is 0 Å². The Labute approximate surface area is 171 Å². The van der Waals surface area contributed by atoms with Gasteiger partial charge in [0.25, 0.3) is 0 Å². The van der Waals surface area contributed by atoms with E-state index in [0.717, 1.165) is 13.0 Å². The normalized spacial score (nSPS) is 19.0. The minimum absolute atomic E-state index is 0. The van der Waals surface area contributed by atoms with Crippen molar-refractivity contribution in [2.75, 3.05) is 19.6 Å². The highest BCUT2D eigenvalue weighted by Crippen LogP contribution is 2.35. The van der Waals surface area contributed by atoms with E-state index in [1.54, 1.807) is 4.90 Å². The van der Waals surface area contributed by atoms with Crippen LogP contribution in [0.4, 0.5) is 17.6 Å². The highest BCUT2D eigenvalue weighted by atomic mass is 35.5. The summed E-state index contributed by atoms with van der Waals surface area (Å²) in [5, 5.41) is 6.96. The Morgan fingerprint density at radius 2 is 1.97 bits per heavy atom. The molecule has 1 aromatic heterocycles. The van der Waals surface area contributed by atoms with E-state index in [1.807, 2.05) is 0 Å². The van der Waals surface area contributed by atoms with E-state index in [4.69, 9.17) is 0 Å². The summed E-state index contributed by atoms with van der Waals surface area (Å²) in [6.45, 7) is 1.83. The molecule has 2 aromatic rings. The van der Waals surface area contributed by atoms with Crippen LogP contribution in [0.1, 0.15) is 28.9 Å². The lowest BCUT2D eigenvalue weighted by atomic mass is 10.0. The van der Waals surface area contributed by atoms with Crippen molar-refractivity contribution >= 4 is 18.3 Å². The fourth-order valence-corrected chi connectivity index (χ4v) is 3.91. The zero-order valence-electron chi connectivity index (χ0n) is 15.5. The minimum Gasteiger partial charge on any atom is -0.336 e. The van der Waals surface area contributed by atoms with Gasteiger partial charge in [0.15, 0.2) is 5.69 Å². The van der Waals surface area contributed by atoms with Crippen LogP contribution in [0.25, 0.3) is 0 Å². The standard InChI is InChI=1S/C19H20F4N4O.ClH/c20-14-3-1-12(2-4-14)10-27-16-11-26(18(28)13-5-7-24-9-13)8-6-15(16)17(25-27)19(21,22)23;/h1-4,13,24H,5-11H2;1H. The summed E-state index contributed by atoms with van der Waals surface area (Å²) in [5.41, 5.74) is 0.313. The second-order valence-electron chi connectivity index (χ2n) is 7.26. The monoisotopic (exact) mass is 432 g/mol. The predicted octanol–water partition coefficient (Wildman–Crippen LogP) is 3.01. The molecule has 158 valence electrons. The fraction of sp³-hybridized carbons (Fsp3) is 0.474. The third-order valence-electron chi connectivity index (χ3n) is 5.37. The maximum Gasteiger partial charge on any atom is 0.435 e. The summed E-state index contributed by atoms with van der Waals surface area (Å²) in [6, 6.07) is 5.57. The summed E-state index contributed by atoms with van der Waals surface area (Å²) in [6.07, 6.45) is -3.69. The van der Waals surface area contributed by atoms with Crippen molar-refractivity contribution < 1.29 is 22.4 Å². The molecule has 10 heteroatoms. The molecular weight excluding hydrogens is 412 g/mol. The van der Waals surface area contributed by atoms with Crippen molar-refractivity contribution in [2.45, 2.75) is 32.1 Å². The first-order valence-corrected chi connectivity index (χ1v) is 9.22. The Balaban J connectivity index is 0.00000240. The Morgan fingerprint density at radius 1 is 1.24 bits per heavy atom. The number of carbonyl (C=O) groups excluding carboxylic acids is 1. The number of hydrogen-bond donors (Lipinski definition) is 1. The van der Waals surface area contributed by atoms with Crippen LogP contribution in [0, 0.1) is 11.7 Å². The largest absolute Gasteiger partial charge is 0.435 e. The number of benzene rings is 1. The van der Waals surface area contributed by atoms with E-state index in [9.17, 15) is 22.4 Å². The lowest BCUT2D eigenvalue weighted by molar-refractivity contribution is -0.142. The van der Waals surface area contributed by atoms with E-state index in [1.165, 1.54) is 28.9 Å². The first-order valence-electron chi connectivity index (χ1n) is 9.22. The van der Waals surface area contributed by atoms with Crippen LogP contribution in [0.5, 0.6) is 0 Å². The molecule has 0 radical (unpaired) electrons. The summed E-state index contributed by atoms with van der Waals surface area (Å²) >= 11 is 0. The highest BCUT2D eigenvalue weighted by molar-refractivity contribution is 5.85. The number of halogens is 5. The number of alkyl halides is 3. The zero-order valence-corrected chi connectivity index (χ0v) is 16.3. The van der Waals surface area contributed by atoms with Gasteiger partial charge in [-0.2, -0.15) is 18.3 Å². The predicted molar refractivity (Wildman–Crippen MR) is 100 cm³/mol. The molecule has 0 spiro atoms. The van der Waals surface area contributed by atoms with Gasteiger partial charge in [-0.15, -0.1) is 12.4 Å². The van der Waals surface area contributed by atoms with E-state index in [2.05, 4.69) is 10.4 Å². The van der Waals surface area contributed by atoms with Crippen molar-refractivity contribution in [1.82, 2.24) is 20.0 Å². The van der Waals surface area contributed by atoms with Gasteiger partial charge >= 0.3 is 6.18 Å². The Morgan fingerprint density at radius 3 is 2.59 bits per heavy atom. The summed E-state index contributed by atoms with van der Waals surface area (Å²) in [7, 11) is 0. The number of amides is 1. The van der Waals surface area contributed by atoms with Gasteiger partial charge in [-0.05, 0) is 37.1 Å². The van der Waals surface area contributed by atoms with Crippen molar-refractivity contribution in [2.24, 2.45) is 5.92 Å². The molecule has 1 unspecified atom stereocenters. The van der Waals surface area contributed by atoms with Crippen LogP contribution in [0.3, 0.4) is 0 Å². The summed E-state index contributed by atoms with van der Waals surface area (Å²) < 4.78 is 54.8. The zero-order chi connectivity index (χ0) is 19.9. The van der Waals surface area contributed by atoms with E-state index in [0.29, 0.717) is 17.8 Å². The van der Waals surface area contributed by atoms with E-state index in [-0.39, 0.29) is 55.9 Å². The maximum absolute atomic E-state index is 13.5. The van der Waals surface area contributed by atoms with Gasteiger partial charge in [0.2, 0.25) is 5.91 Å². The summed E-state index contributed by atoms with van der Waals surface area (Å²) in [5.74, 6) is -0.569. The van der Waals surface area contributed by atoms with Crippen LogP contribution >= 0.6 is 12.4 Å². The van der Waals surface area contributed by atoms with Gasteiger partial charge in [-0.25, -0.2) is 4.39 Å².